The predicted octanol–water partition coefficient (Wildman–Crippen LogP) is 1.63. The van der Waals surface area contributed by atoms with E-state index in [1.165, 1.54) is 5.56 Å². The minimum atomic E-state index is -0.00463. The van der Waals surface area contributed by atoms with Gasteiger partial charge in [-0.3, -0.25) is 4.79 Å². The summed E-state index contributed by atoms with van der Waals surface area (Å²) in [6, 6.07) is 4.19. The van der Waals surface area contributed by atoms with Gasteiger partial charge in [-0.2, -0.15) is 0 Å². The zero-order valence-electron chi connectivity index (χ0n) is 13.2. The highest BCUT2D eigenvalue weighted by molar-refractivity contribution is 5.78. The van der Waals surface area contributed by atoms with E-state index >= 15 is 0 Å². The van der Waals surface area contributed by atoms with Gasteiger partial charge in [0.05, 0.1) is 13.7 Å². The average Bonchev–Trinajstić information content (AvgIpc) is 2.75. The van der Waals surface area contributed by atoms with Gasteiger partial charge < -0.3 is 20.1 Å². The summed E-state index contributed by atoms with van der Waals surface area (Å²) in [6.45, 7) is 6.80. The molecule has 1 atom stereocenters. The highest BCUT2D eigenvalue weighted by atomic mass is 16.5. The highest BCUT2D eigenvalue weighted by Gasteiger charge is 2.21. The number of nitrogens with one attached hydrogen (secondary N) is 2. The number of fused-ring (bicyclic) bond motifs is 1. The molecule has 1 aliphatic heterocycles. The lowest BCUT2D eigenvalue weighted by atomic mass is 10.1. The van der Waals surface area contributed by atoms with Crippen molar-refractivity contribution in [1.82, 2.24) is 10.6 Å². The Morgan fingerprint density at radius 3 is 2.90 bits per heavy atom. The van der Waals surface area contributed by atoms with Gasteiger partial charge in [0.1, 0.15) is 17.6 Å². The van der Waals surface area contributed by atoms with E-state index in [-0.39, 0.29) is 24.6 Å². The molecule has 5 nitrogen and oxygen atoms in total. The molecular formula is C16H24N2O3. The molecular weight excluding hydrogens is 268 g/mol. The quantitative estimate of drug-likeness (QED) is 0.837. The van der Waals surface area contributed by atoms with Gasteiger partial charge in [-0.15, -0.1) is 0 Å². The Balaban J connectivity index is 1.97. The summed E-state index contributed by atoms with van der Waals surface area (Å²) in [4.78, 5) is 11.6. The van der Waals surface area contributed by atoms with Crippen LogP contribution in [0.25, 0.3) is 0 Å². The van der Waals surface area contributed by atoms with Gasteiger partial charge in [0.2, 0.25) is 5.91 Å². The Morgan fingerprint density at radius 2 is 2.24 bits per heavy atom. The van der Waals surface area contributed by atoms with Gasteiger partial charge in [-0.1, -0.05) is 0 Å². The molecule has 0 aliphatic carbocycles. The molecule has 0 saturated carbocycles. The molecule has 5 heteroatoms. The first kappa shape index (κ1) is 15.6. The van der Waals surface area contributed by atoms with Crippen LogP contribution in [0, 0.1) is 0 Å². The second-order valence-corrected chi connectivity index (χ2v) is 5.73. The molecule has 1 aromatic carbocycles. The van der Waals surface area contributed by atoms with Crippen LogP contribution in [0.5, 0.6) is 11.5 Å². The summed E-state index contributed by atoms with van der Waals surface area (Å²) in [5.74, 6) is 1.75. The van der Waals surface area contributed by atoms with Crippen LogP contribution >= 0.6 is 0 Å². The van der Waals surface area contributed by atoms with E-state index < -0.39 is 0 Å². The Hall–Kier alpha value is -1.75. The average molecular weight is 292 g/mol. The number of rotatable bonds is 6. The molecule has 1 unspecified atom stereocenters. The van der Waals surface area contributed by atoms with E-state index in [1.807, 2.05) is 26.0 Å². The Bertz CT molecular complexity index is 514. The fourth-order valence-electron chi connectivity index (χ4n) is 2.49. The number of hydrogen-bond donors (Lipinski definition) is 2. The molecule has 0 fully saturated rings. The molecule has 21 heavy (non-hydrogen) atoms. The van der Waals surface area contributed by atoms with Crippen LogP contribution in [0.2, 0.25) is 0 Å². The molecule has 1 amide bonds. The first-order valence-corrected chi connectivity index (χ1v) is 7.36. The van der Waals surface area contributed by atoms with E-state index in [4.69, 9.17) is 9.47 Å². The molecule has 1 aliphatic rings. The summed E-state index contributed by atoms with van der Waals surface area (Å²) in [5.41, 5.74) is 2.18. The number of amides is 1. The Morgan fingerprint density at radius 1 is 1.48 bits per heavy atom. The third-order valence-electron chi connectivity index (χ3n) is 3.35. The monoisotopic (exact) mass is 292 g/mol. The number of benzene rings is 1. The summed E-state index contributed by atoms with van der Waals surface area (Å²) in [6.07, 6.45) is 1.13. The lowest BCUT2D eigenvalue weighted by Gasteiger charge is -2.13. The van der Waals surface area contributed by atoms with Crippen LogP contribution < -0.4 is 20.1 Å². The SMILES string of the molecule is COc1cc2c(cc1CNCC(=O)NC(C)C)OC(C)C2. The van der Waals surface area contributed by atoms with Crippen molar-refractivity contribution in [1.29, 1.82) is 0 Å². The maximum absolute atomic E-state index is 11.6. The minimum absolute atomic E-state index is 0.00463. The van der Waals surface area contributed by atoms with Crippen molar-refractivity contribution >= 4 is 5.91 Å². The van der Waals surface area contributed by atoms with Gasteiger partial charge in [0.25, 0.3) is 0 Å². The van der Waals surface area contributed by atoms with Crippen LogP contribution in [-0.2, 0) is 17.8 Å². The highest BCUT2D eigenvalue weighted by Crippen LogP contribution is 2.34. The van der Waals surface area contributed by atoms with Crippen LogP contribution in [0.3, 0.4) is 0 Å². The Kier molecular flexibility index (Phi) is 5.07. The third-order valence-corrected chi connectivity index (χ3v) is 3.35. The number of methoxy groups -OCH3 is 1. The summed E-state index contributed by atoms with van der Waals surface area (Å²) in [7, 11) is 1.66. The van der Waals surface area contributed by atoms with Crippen LogP contribution in [0.1, 0.15) is 31.9 Å². The van der Waals surface area contributed by atoms with Crippen molar-refractivity contribution in [2.75, 3.05) is 13.7 Å². The van der Waals surface area contributed by atoms with Crippen molar-refractivity contribution < 1.29 is 14.3 Å². The number of carbonyl (C=O) groups is 1. The van der Waals surface area contributed by atoms with Crippen LogP contribution in [-0.4, -0.2) is 31.7 Å². The lowest BCUT2D eigenvalue weighted by molar-refractivity contribution is -0.120. The van der Waals surface area contributed by atoms with Crippen LogP contribution in [0.4, 0.5) is 0 Å². The fraction of sp³-hybridized carbons (Fsp3) is 0.562. The smallest absolute Gasteiger partial charge is 0.234 e. The van der Waals surface area contributed by atoms with Gasteiger partial charge in [-0.25, -0.2) is 0 Å². The fourth-order valence-corrected chi connectivity index (χ4v) is 2.49. The van der Waals surface area contributed by atoms with Crippen molar-refractivity contribution in [3.05, 3.63) is 23.3 Å². The maximum Gasteiger partial charge on any atom is 0.234 e. The maximum atomic E-state index is 11.6. The zero-order chi connectivity index (χ0) is 15.4. The molecule has 0 radical (unpaired) electrons. The molecule has 0 bridgehead atoms. The molecule has 1 heterocycles. The molecule has 1 aromatic rings. The topological polar surface area (TPSA) is 59.6 Å². The second kappa shape index (κ2) is 6.80. The van der Waals surface area contributed by atoms with Crippen molar-refractivity contribution in [2.24, 2.45) is 0 Å². The van der Waals surface area contributed by atoms with E-state index in [1.54, 1.807) is 7.11 Å². The number of carbonyl (C=O) groups excluding carboxylic acids is 1. The first-order chi connectivity index (χ1) is 9.99. The lowest BCUT2D eigenvalue weighted by Crippen LogP contribution is -2.37. The van der Waals surface area contributed by atoms with Gasteiger partial charge >= 0.3 is 0 Å². The number of hydrogen-bond acceptors (Lipinski definition) is 4. The van der Waals surface area contributed by atoms with E-state index in [2.05, 4.69) is 17.6 Å². The number of ether oxygens (including phenoxy) is 2. The van der Waals surface area contributed by atoms with Crippen molar-refractivity contribution in [2.45, 2.75) is 45.9 Å². The summed E-state index contributed by atoms with van der Waals surface area (Å²) < 4.78 is 11.2. The summed E-state index contributed by atoms with van der Waals surface area (Å²) >= 11 is 0. The standard InChI is InChI=1S/C16H24N2O3/c1-10(2)18-16(19)9-17-8-13-7-15-12(5-11(3)21-15)6-14(13)20-4/h6-7,10-11,17H,5,8-9H2,1-4H3,(H,18,19). The first-order valence-electron chi connectivity index (χ1n) is 7.36. The largest absolute Gasteiger partial charge is 0.496 e. The van der Waals surface area contributed by atoms with Gasteiger partial charge in [0, 0.05) is 30.1 Å². The second-order valence-electron chi connectivity index (χ2n) is 5.73. The summed E-state index contributed by atoms with van der Waals surface area (Å²) in [5, 5.41) is 5.98. The molecule has 2 N–H and O–H groups in total. The normalized spacial score (nSPS) is 16.5. The van der Waals surface area contributed by atoms with Crippen molar-refractivity contribution in [3.8, 4) is 11.5 Å². The molecule has 0 saturated heterocycles. The zero-order valence-corrected chi connectivity index (χ0v) is 13.2. The molecule has 0 aromatic heterocycles. The van der Waals surface area contributed by atoms with Gasteiger partial charge in [0.15, 0.2) is 0 Å². The van der Waals surface area contributed by atoms with Crippen molar-refractivity contribution in [3.63, 3.8) is 0 Å². The van der Waals surface area contributed by atoms with E-state index in [0.29, 0.717) is 6.54 Å². The molecule has 2 rings (SSSR count). The van der Waals surface area contributed by atoms with E-state index in [9.17, 15) is 4.79 Å². The molecule has 116 valence electrons. The third kappa shape index (κ3) is 4.11. The van der Waals surface area contributed by atoms with Crippen LogP contribution in [0.15, 0.2) is 12.1 Å². The van der Waals surface area contributed by atoms with E-state index in [0.717, 1.165) is 23.5 Å². The molecule has 0 spiro atoms. The Labute approximate surface area is 126 Å². The van der Waals surface area contributed by atoms with Gasteiger partial charge in [-0.05, 0) is 32.9 Å². The predicted molar refractivity (Wildman–Crippen MR) is 81.8 cm³/mol. The minimum Gasteiger partial charge on any atom is -0.496 e.